The SMILES string of the molecule is CC(C)(O)CCc1cccc(C(=O)N(Cc2ccc3c(c2)OCO3)C2CC2)c1. The zero-order valence-electron chi connectivity index (χ0n) is 16.5. The number of benzene rings is 2. The van der Waals surface area contributed by atoms with Crippen LogP contribution in [0.1, 0.15) is 54.6 Å². The van der Waals surface area contributed by atoms with E-state index >= 15 is 0 Å². The smallest absolute Gasteiger partial charge is 0.254 e. The van der Waals surface area contributed by atoms with Gasteiger partial charge in [0.25, 0.3) is 5.91 Å². The molecule has 2 aliphatic rings. The molecule has 4 rings (SSSR count). The van der Waals surface area contributed by atoms with Crippen LogP contribution in [0.2, 0.25) is 0 Å². The number of aliphatic hydroxyl groups is 1. The lowest BCUT2D eigenvalue weighted by atomic mass is 9.97. The highest BCUT2D eigenvalue weighted by molar-refractivity contribution is 5.94. The molecule has 28 heavy (non-hydrogen) atoms. The highest BCUT2D eigenvalue weighted by atomic mass is 16.7. The van der Waals surface area contributed by atoms with Gasteiger partial charge in [0.2, 0.25) is 6.79 Å². The molecule has 1 aliphatic heterocycles. The van der Waals surface area contributed by atoms with Gasteiger partial charge in [0.15, 0.2) is 11.5 Å². The van der Waals surface area contributed by atoms with E-state index in [2.05, 4.69) is 0 Å². The number of aryl methyl sites for hydroxylation is 1. The van der Waals surface area contributed by atoms with Crippen molar-refractivity contribution in [3.8, 4) is 11.5 Å². The van der Waals surface area contributed by atoms with Gasteiger partial charge in [-0.15, -0.1) is 0 Å². The van der Waals surface area contributed by atoms with Gasteiger partial charge in [-0.1, -0.05) is 18.2 Å². The van der Waals surface area contributed by atoms with Crippen molar-refractivity contribution < 1.29 is 19.4 Å². The maximum absolute atomic E-state index is 13.2. The molecule has 1 heterocycles. The number of carbonyl (C=O) groups is 1. The molecule has 0 bridgehead atoms. The third-order valence-corrected chi connectivity index (χ3v) is 5.24. The van der Waals surface area contributed by atoms with E-state index in [1.165, 1.54) is 0 Å². The van der Waals surface area contributed by atoms with Crippen molar-refractivity contribution in [3.05, 3.63) is 59.2 Å². The van der Waals surface area contributed by atoms with Gasteiger partial charge >= 0.3 is 0 Å². The van der Waals surface area contributed by atoms with Gasteiger partial charge in [0.1, 0.15) is 0 Å². The number of fused-ring (bicyclic) bond motifs is 1. The van der Waals surface area contributed by atoms with E-state index in [-0.39, 0.29) is 12.7 Å². The zero-order chi connectivity index (χ0) is 19.7. The van der Waals surface area contributed by atoms with Crippen LogP contribution in [-0.2, 0) is 13.0 Å². The Morgan fingerprint density at radius 1 is 1.11 bits per heavy atom. The Kier molecular flexibility index (Phi) is 5.02. The number of rotatable bonds is 7. The fourth-order valence-corrected chi connectivity index (χ4v) is 3.46. The average molecular weight is 381 g/mol. The molecule has 1 amide bonds. The molecule has 0 atom stereocenters. The molecule has 1 saturated carbocycles. The Labute approximate surface area is 165 Å². The summed E-state index contributed by atoms with van der Waals surface area (Å²) in [6, 6.07) is 14.0. The molecule has 0 saturated heterocycles. The van der Waals surface area contributed by atoms with Gasteiger partial charge in [0, 0.05) is 18.2 Å². The number of hydrogen-bond donors (Lipinski definition) is 1. The lowest BCUT2D eigenvalue weighted by molar-refractivity contribution is 0.0714. The minimum atomic E-state index is -0.709. The first-order valence-corrected chi connectivity index (χ1v) is 9.90. The molecule has 0 aromatic heterocycles. The van der Waals surface area contributed by atoms with Gasteiger partial charge < -0.3 is 19.5 Å². The summed E-state index contributed by atoms with van der Waals surface area (Å²) < 4.78 is 10.8. The molecule has 1 aliphatic carbocycles. The first-order chi connectivity index (χ1) is 13.4. The molecule has 1 fully saturated rings. The van der Waals surface area contributed by atoms with Crippen molar-refractivity contribution in [2.75, 3.05) is 6.79 Å². The Morgan fingerprint density at radius 3 is 2.64 bits per heavy atom. The first-order valence-electron chi connectivity index (χ1n) is 9.90. The van der Waals surface area contributed by atoms with Gasteiger partial charge in [-0.2, -0.15) is 0 Å². The van der Waals surface area contributed by atoms with E-state index < -0.39 is 5.60 Å². The maximum Gasteiger partial charge on any atom is 0.254 e. The van der Waals surface area contributed by atoms with E-state index in [0.29, 0.717) is 24.6 Å². The Bertz CT molecular complexity index is 867. The maximum atomic E-state index is 13.2. The molecule has 2 aromatic carbocycles. The number of ether oxygens (including phenoxy) is 2. The van der Waals surface area contributed by atoms with Crippen molar-refractivity contribution in [3.63, 3.8) is 0 Å². The number of nitrogens with zero attached hydrogens (tertiary/aromatic N) is 1. The highest BCUT2D eigenvalue weighted by Gasteiger charge is 2.33. The first kappa shape index (κ1) is 18.8. The van der Waals surface area contributed by atoms with Crippen LogP contribution in [0, 0.1) is 0 Å². The van der Waals surface area contributed by atoms with Crippen molar-refractivity contribution in [2.45, 2.75) is 57.7 Å². The van der Waals surface area contributed by atoms with Crippen LogP contribution < -0.4 is 9.47 Å². The monoisotopic (exact) mass is 381 g/mol. The van der Waals surface area contributed by atoms with Gasteiger partial charge in [0.05, 0.1) is 5.60 Å². The van der Waals surface area contributed by atoms with E-state index in [4.69, 9.17) is 9.47 Å². The molecule has 5 heteroatoms. The second kappa shape index (κ2) is 7.47. The number of hydrogen-bond acceptors (Lipinski definition) is 4. The number of amides is 1. The average Bonchev–Trinajstić information content (AvgIpc) is 3.40. The summed E-state index contributed by atoms with van der Waals surface area (Å²) in [6.45, 7) is 4.43. The summed E-state index contributed by atoms with van der Waals surface area (Å²) in [4.78, 5) is 15.2. The fraction of sp³-hybridized carbons (Fsp3) is 0.435. The van der Waals surface area contributed by atoms with Gasteiger partial charge in [-0.3, -0.25) is 4.79 Å². The summed E-state index contributed by atoms with van der Waals surface area (Å²) in [5.74, 6) is 1.56. The summed E-state index contributed by atoms with van der Waals surface area (Å²) >= 11 is 0. The van der Waals surface area contributed by atoms with E-state index in [1.54, 1.807) is 0 Å². The summed E-state index contributed by atoms with van der Waals surface area (Å²) in [6.07, 6.45) is 3.51. The third-order valence-electron chi connectivity index (χ3n) is 5.24. The van der Waals surface area contributed by atoms with E-state index in [1.807, 2.05) is 61.2 Å². The second-order valence-electron chi connectivity index (χ2n) is 8.36. The quantitative estimate of drug-likeness (QED) is 0.790. The zero-order valence-corrected chi connectivity index (χ0v) is 16.5. The molecule has 2 aromatic rings. The molecule has 0 unspecified atom stereocenters. The molecule has 1 N–H and O–H groups in total. The largest absolute Gasteiger partial charge is 0.454 e. The predicted octanol–water partition coefficient (Wildman–Crippen LogP) is 3.92. The predicted molar refractivity (Wildman–Crippen MR) is 107 cm³/mol. The van der Waals surface area contributed by atoms with Crippen LogP contribution in [0.25, 0.3) is 0 Å². The molecular weight excluding hydrogens is 354 g/mol. The topological polar surface area (TPSA) is 59.0 Å². The van der Waals surface area contributed by atoms with Gasteiger partial charge in [-0.05, 0) is 74.9 Å². The van der Waals surface area contributed by atoms with Crippen LogP contribution in [0.15, 0.2) is 42.5 Å². The van der Waals surface area contributed by atoms with Crippen LogP contribution >= 0.6 is 0 Å². The normalized spacial score (nSPS) is 15.5. The van der Waals surface area contributed by atoms with Crippen LogP contribution in [-0.4, -0.2) is 34.3 Å². The lowest BCUT2D eigenvalue weighted by Crippen LogP contribution is -2.32. The standard InChI is InChI=1S/C23H27NO4/c1-23(2,26)11-10-16-4-3-5-18(12-16)22(25)24(19-7-8-19)14-17-6-9-20-21(13-17)28-15-27-20/h3-6,9,12-13,19,26H,7-8,10-11,14-15H2,1-2H3. The van der Waals surface area contributed by atoms with Crippen LogP contribution in [0.3, 0.4) is 0 Å². The summed E-state index contributed by atoms with van der Waals surface area (Å²) in [7, 11) is 0. The highest BCUT2D eigenvalue weighted by Crippen LogP contribution is 2.35. The van der Waals surface area contributed by atoms with Crippen LogP contribution in [0.4, 0.5) is 0 Å². The van der Waals surface area contributed by atoms with Crippen molar-refractivity contribution >= 4 is 5.91 Å². The third kappa shape index (κ3) is 4.47. The Morgan fingerprint density at radius 2 is 1.89 bits per heavy atom. The van der Waals surface area contributed by atoms with Crippen molar-refractivity contribution in [1.29, 1.82) is 0 Å². The van der Waals surface area contributed by atoms with E-state index in [9.17, 15) is 9.90 Å². The summed E-state index contributed by atoms with van der Waals surface area (Å²) in [5.41, 5.74) is 2.12. The van der Waals surface area contributed by atoms with E-state index in [0.717, 1.165) is 41.9 Å². The van der Waals surface area contributed by atoms with Gasteiger partial charge in [-0.25, -0.2) is 0 Å². The number of carbonyl (C=O) groups excluding carboxylic acids is 1. The Hall–Kier alpha value is -2.53. The second-order valence-corrected chi connectivity index (χ2v) is 8.36. The van der Waals surface area contributed by atoms with Crippen molar-refractivity contribution in [2.24, 2.45) is 0 Å². The molecule has 0 spiro atoms. The minimum absolute atomic E-state index is 0.0604. The Balaban J connectivity index is 1.50. The van der Waals surface area contributed by atoms with Crippen molar-refractivity contribution in [1.82, 2.24) is 4.90 Å². The molecule has 5 nitrogen and oxygen atoms in total. The molecular formula is C23H27NO4. The summed E-state index contributed by atoms with van der Waals surface area (Å²) in [5, 5.41) is 9.96. The molecule has 0 radical (unpaired) electrons. The minimum Gasteiger partial charge on any atom is -0.454 e. The van der Waals surface area contributed by atoms with Crippen LogP contribution in [0.5, 0.6) is 11.5 Å². The molecule has 148 valence electrons. The fourth-order valence-electron chi connectivity index (χ4n) is 3.46. The lowest BCUT2D eigenvalue weighted by Gasteiger charge is -2.23.